The number of amides is 2. The molecule has 0 aliphatic carbocycles. The molecule has 0 radical (unpaired) electrons. The molecule has 230 valence electrons. The molecule has 0 fully saturated rings. The number of sulfonamides is 1. The lowest BCUT2D eigenvalue weighted by Gasteiger charge is -2.34. The first-order chi connectivity index (χ1) is 21.0. The van der Waals surface area contributed by atoms with Gasteiger partial charge in [0.1, 0.15) is 12.6 Å². The summed E-state index contributed by atoms with van der Waals surface area (Å²) < 4.78 is 29.4. The molecule has 0 bridgehead atoms. The summed E-state index contributed by atoms with van der Waals surface area (Å²) in [6, 6.07) is 29.7. The Labute approximate surface area is 261 Å². The molecule has 1 atom stereocenters. The third-order valence-corrected chi connectivity index (χ3v) is 9.31. The van der Waals surface area contributed by atoms with Crippen molar-refractivity contribution in [1.82, 2.24) is 10.2 Å². The molecule has 0 aliphatic rings. The quantitative estimate of drug-likeness (QED) is 0.214. The summed E-state index contributed by atoms with van der Waals surface area (Å²) in [4.78, 5) is 29.9. The third-order valence-electron chi connectivity index (χ3n) is 7.53. The number of benzene rings is 4. The van der Waals surface area contributed by atoms with Gasteiger partial charge in [0.15, 0.2) is 0 Å². The van der Waals surface area contributed by atoms with Crippen molar-refractivity contribution in [3.05, 3.63) is 131 Å². The number of hydrogen-bond donors (Lipinski definition) is 1. The molecular weight excluding hydrogens is 570 g/mol. The lowest BCUT2D eigenvalue weighted by atomic mass is 10.0. The van der Waals surface area contributed by atoms with Gasteiger partial charge in [-0.3, -0.25) is 13.9 Å². The maximum Gasteiger partial charge on any atom is 0.264 e. The number of carbonyl (C=O) groups is 2. The highest BCUT2D eigenvalue weighted by Crippen LogP contribution is 2.27. The van der Waals surface area contributed by atoms with Crippen LogP contribution in [0.2, 0.25) is 0 Å². The maximum atomic E-state index is 14.5. The van der Waals surface area contributed by atoms with E-state index in [4.69, 9.17) is 0 Å². The Morgan fingerprint density at radius 1 is 0.750 bits per heavy atom. The molecule has 8 heteroatoms. The largest absolute Gasteiger partial charge is 0.352 e. The Morgan fingerprint density at radius 2 is 1.39 bits per heavy atom. The van der Waals surface area contributed by atoms with Crippen LogP contribution < -0.4 is 9.62 Å². The smallest absolute Gasteiger partial charge is 0.264 e. The molecule has 0 saturated carbocycles. The van der Waals surface area contributed by atoms with Gasteiger partial charge in [-0.1, -0.05) is 84.4 Å². The van der Waals surface area contributed by atoms with E-state index in [-0.39, 0.29) is 29.8 Å². The molecule has 44 heavy (non-hydrogen) atoms. The fraction of sp³-hybridized carbons (Fsp3) is 0.278. The Balaban J connectivity index is 1.82. The van der Waals surface area contributed by atoms with Gasteiger partial charge in [0.25, 0.3) is 10.0 Å². The standard InChI is InChI=1S/C36H41N3O4S/c1-26(2)37-36(41)34(23-30-14-8-6-9-15-30)38(24-31-16-12-13-27(3)21-31)35(40)25-39(32-20-19-28(4)29(5)22-32)44(42,43)33-17-10-7-11-18-33/h6-22,26,34H,23-25H2,1-5H3,(H,37,41). The normalized spacial score (nSPS) is 12.0. The number of hydrogen-bond acceptors (Lipinski definition) is 4. The van der Waals surface area contributed by atoms with Crippen molar-refractivity contribution in [3.8, 4) is 0 Å². The molecule has 0 aliphatic heterocycles. The van der Waals surface area contributed by atoms with Crippen molar-refractivity contribution in [2.45, 2.75) is 64.6 Å². The van der Waals surface area contributed by atoms with Crippen molar-refractivity contribution >= 4 is 27.5 Å². The predicted molar refractivity (Wildman–Crippen MR) is 176 cm³/mol. The van der Waals surface area contributed by atoms with Crippen LogP contribution in [0.4, 0.5) is 5.69 Å². The zero-order valence-electron chi connectivity index (χ0n) is 26.0. The molecular formula is C36H41N3O4S. The number of carbonyl (C=O) groups excluding carboxylic acids is 2. The first kappa shape index (κ1) is 32.5. The lowest BCUT2D eigenvalue weighted by molar-refractivity contribution is -0.140. The fourth-order valence-electron chi connectivity index (χ4n) is 5.07. The highest BCUT2D eigenvalue weighted by atomic mass is 32.2. The third kappa shape index (κ3) is 8.14. The predicted octanol–water partition coefficient (Wildman–Crippen LogP) is 5.97. The molecule has 1 unspecified atom stereocenters. The Bertz CT molecular complexity index is 1690. The monoisotopic (exact) mass is 611 g/mol. The van der Waals surface area contributed by atoms with Crippen LogP contribution in [0.3, 0.4) is 0 Å². The zero-order chi connectivity index (χ0) is 31.9. The van der Waals surface area contributed by atoms with Gasteiger partial charge in [0.05, 0.1) is 10.6 Å². The van der Waals surface area contributed by atoms with Crippen LogP contribution in [-0.4, -0.2) is 43.8 Å². The number of aryl methyl sites for hydroxylation is 3. The number of nitrogens with zero attached hydrogens (tertiary/aromatic N) is 2. The topological polar surface area (TPSA) is 86.8 Å². The fourth-order valence-corrected chi connectivity index (χ4v) is 6.50. The average Bonchev–Trinajstić information content (AvgIpc) is 2.99. The van der Waals surface area contributed by atoms with Gasteiger partial charge in [-0.25, -0.2) is 8.42 Å². The van der Waals surface area contributed by atoms with Crippen molar-refractivity contribution in [1.29, 1.82) is 0 Å². The average molecular weight is 612 g/mol. The summed E-state index contributed by atoms with van der Waals surface area (Å²) in [5.41, 5.74) is 5.04. The van der Waals surface area contributed by atoms with Crippen LogP contribution in [-0.2, 0) is 32.6 Å². The van der Waals surface area contributed by atoms with Gasteiger partial charge in [-0.2, -0.15) is 0 Å². The molecule has 0 spiro atoms. The maximum absolute atomic E-state index is 14.5. The highest BCUT2D eigenvalue weighted by Gasteiger charge is 2.35. The molecule has 4 aromatic carbocycles. The minimum absolute atomic E-state index is 0.0784. The minimum atomic E-state index is -4.13. The zero-order valence-corrected chi connectivity index (χ0v) is 26.8. The molecule has 0 aromatic heterocycles. The Kier molecular flexibility index (Phi) is 10.6. The van der Waals surface area contributed by atoms with Crippen LogP contribution >= 0.6 is 0 Å². The second-order valence-electron chi connectivity index (χ2n) is 11.5. The highest BCUT2D eigenvalue weighted by molar-refractivity contribution is 7.92. The summed E-state index contributed by atoms with van der Waals surface area (Å²) in [6.45, 7) is 9.23. The second-order valence-corrected chi connectivity index (χ2v) is 13.3. The first-order valence-electron chi connectivity index (χ1n) is 14.8. The minimum Gasteiger partial charge on any atom is -0.352 e. The van der Waals surface area contributed by atoms with E-state index < -0.39 is 28.5 Å². The van der Waals surface area contributed by atoms with Gasteiger partial charge in [-0.15, -0.1) is 0 Å². The molecule has 1 N–H and O–H groups in total. The Hall–Kier alpha value is -4.43. The van der Waals surface area contributed by atoms with E-state index in [1.807, 2.05) is 95.3 Å². The molecule has 0 saturated heterocycles. The van der Waals surface area contributed by atoms with Crippen LogP contribution in [0.25, 0.3) is 0 Å². The summed E-state index contributed by atoms with van der Waals surface area (Å²) in [5.74, 6) is -0.780. The molecule has 4 rings (SSSR count). The van der Waals surface area contributed by atoms with E-state index in [0.29, 0.717) is 5.69 Å². The number of nitrogens with one attached hydrogen (secondary N) is 1. The van der Waals surface area contributed by atoms with Gasteiger partial charge in [0.2, 0.25) is 11.8 Å². The van der Waals surface area contributed by atoms with E-state index in [1.54, 1.807) is 30.3 Å². The van der Waals surface area contributed by atoms with E-state index in [0.717, 1.165) is 32.1 Å². The van der Waals surface area contributed by atoms with E-state index in [1.165, 1.54) is 17.0 Å². The van der Waals surface area contributed by atoms with E-state index >= 15 is 0 Å². The van der Waals surface area contributed by atoms with Crippen molar-refractivity contribution in [2.75, 3.05) is 10.8 Å². The van der Waals surface area contributed by atoms with Gasteiger partial charge >= 0.3 is 0 Å². The van der Waals surface area contributed by atoms with Gasteiger partial charge < -0.3 is 10.2 Å². The van der Waals surface area contributed by atoms with Crippen LogP contribution in [0.15, 0.2) is 108 Å². The molecule has 2 amide bonds. The number of anilines is 1. The van der Waals surface area contributed by atoms with E-state index in [9.17, 15) is 18.0 Å². The van der Waals surface area contributed by atoms with Gasteiger partial charge in [-0.05, 0) is 81.1 Å². The Morgan fingerprint density at radius 3 is 2.00 bits per heavy atom. The molecule has 0 heterocycles. The first-order valence-corrected chi connectivity index (χ1v) is 16.2. The van der Waals surface area contributed by atoms with Crippen molar-refractivity contribution in [3.63, 3.8) is 0 Å². The van der Waals surface area contributed by atoms with Gasteiger partial charge in [0, 0.05) is 19.0 Å². The molecule has 7 nitrogen and oxygen atoms in total. The lowest BCUT2D eigenvalue weighted by Crippen LogP contribution is -2.54. The second kappa shape index (κ2) is 14.4. The molecule has 4 aromatic rings. The summed E-state index contributed by atoms with van der Waals surface area (Å²) >= 11 is 0. The number of rotatable bonds is 12. The summed E-state index contributed by atoms with van der Waals surface area (Å²) in [6.07, 6.45) is 0.270. The van der Waals surface area contributed by atoms with E-state index in [2.05, 4.69) is 5.32 Å². The van der Waals surface area contributed by atoms with Crippen LogP contribution in [0.5, 0.6) is 0 Å². The summed E-state index contributed by atoms with van der Waals surface area (Å²) in [5, 5.41) is 2.99. The van der Waals surface area contributed by atoms with Crippen LogP contribution in [0, 0.1) is 20.8 Å². The van der Waals surface area contributed by atoms with Crippen molar-refractivity contribution < 1.29 is 18.0 Å². The van der Waals surface area contributed by atoms with Crippen molar-refractivity contribution in [2.24, 2.45) is 0 Å². The SMILES string of the molecule is Cc1cccc(CN(C(=O)CN(c2ccc(C)c(C)c2)S(=O)(=O)c2ccccc2)C(Cc2ccccc2)C(=O)NC(C)C)c1. The van der Waals surface area contributed by atoms with Crippen LogP contribution in [0.1, 0.15) is 41.7 Å². The summed E-state index contributed by atoms with van der Waals surface area (Å²) in [7, 11) is -4.13.